The molecule has 1 aliphatic heterocycles. The highest BCUT2D eigenvalue weighted by atomic mass is 32.2. The van der Waals surface area contributed by atoms with Gasteiger partial charge in [-0.3, -0.25) is 4.79 Å². The van der Waals surface area contributed by atoms with Crippen LogP contribution in [0.5, 0.6) is 11.5 Å². The molecule has 3 aromatic rings. The molecule has 1 heterocycles. The van der Waals surface area contributed by atoms with E-state index in [0.717, 1.165) is 70.9 Å². The Morgan fingerprint density at radius 2 is 1.74 bits per heavy atom. The lowest BCUT2D eigenvalue weighted by Crippen LogP contribution is -2.27. The van der Waals surface area contributed by atoms with E-state index >= 15 is 0 Å². The summed E-state index contributed by atoms with van der Waals surface area (Å²) >= 11 is 0.725. The number of nitrogens with one attached hydrogen (secondary N) is 1. The molecule has 0 spiro atoms. The zero-order valence-corrected chi connectivity index (χ0v) is 19.9. The second-order valence-corrected chi connectivity index (χ2v) is 8.74. The molecule has 1 saturated carbocycles. The number of fused-ring (bicyclic) bond motifs is 1. The molecule has 0 atom stereocenters. The smallest absolute Gasteiger partial charge is 0.235 e. The average molecular weight is 483 g/mol. The topological polar surface area (TPSA) is 125 Å². The fraction of sp³-hybridized carbons (Fsp3) is 0.269. The van der Waals surface area contributed by atoms with E-state index in [0.29, 0.717) is 5.75 Å². The van der Waals surface area contributed by atoms with Gasteiger partial charge in [0.1, 0.15) is 0 Å². The molecular formula is C26H30N2O5S. The summed E-state index contributed by atoms with van der Waals surface area (Å²) in [5.74, 6) is 1.43. The van der Waals surface area contributed by atoms with E-state index in [4.69, 9.17) is 19.8 Å². The number of nitrogens with two attached hydrogens (primary N) is 1. The number of rotatable bonds is 6. The second-order valence-electron chi connectivity index (χ2n) is 8.09. The van der Waals surface area contributed by atoms with E-state index in [9.17, 15) is 4.79 Å². The molecule has 0 bridgehead atoms. The molecule has 6 N–H and O–H groups in total. The Morgan fingerprint density at radius 3 is 2.38 bits per heavy atom. The molecule has 5 rings (SSSR count). The van der Waals surface area contributed by atoms with Gasteiger partial charge in [0.05, 0.1) is 5.41 Å². The molecule has 8 heteroatoms. The van der Waals surface area contributed by atoms with E-state index in [1.165, 1.54) is 0 Å². The largest absolute Gasteiger partial charge is 0.454 e. The molecule has 180 valence electrons. The first-order valence-electron chi connectivity index (χ1n) is 11.0. The normalized spacial score (nSPS) is 14.3. The fourth-order valence-electron chi connectivity index (χ4n) is 3.70. The number of amides is 1. The Balaban J connectivity index is 0.000000603. The maximum absolute atomic E-state index is 13.1. The van der Waals surface area contributed by atoms with Crippen LogP contribution in [0.25, 0.3) is 11.1 Å². The summed E-state index contributed by atoms with van der Waals surface area (Å²) in [6.07, 6.45) is 2.73. The van der Waals surface area contributed by atoms with Crippen molar-refractivity contribution in [2.45, 2.75) is 36.5 Å². The van der Waals surface area contributed by atoms with Gasteiger partial charge in [0.2, 0.25) is 12.7 Å². The molecule has 3 aromatic carbocycles. The molecule has 1 fully saturated rings. The van der Waals surface area contributed by atoms with Crippen molar-refractivity contribution >= 4 is 23.6 Å². The predicted molar refractivity (Wildman–Crippen MR) is 135 cm³/mol. The lowest BCUT2D eigenvalue weighted by atomic mass is 9.94. The number of hydrogen-bond donors (Lipinski definition) is 3. The van der Waals surface area contributed by atoms with Crippen LogP contribution < -0.4 is 20.5 Å². The molecule has 0 unspecified atom stereocenters. The zero-order valence-electron chi connectivity index (χ0n) is 19.0. The van der Waals surface area contributed by atoms with Crippen molar-refractivity contribution in [2.75, 3.05) is 18.7 Å². The molecule has 0 radical (unpaired) electrons. The monoisotopic (exact) mass is 482 g/mol. The highest BCUT2D eigenvalue weighted by Gasteiger charge is 2.51. The second kappa shape index (κ2) is 11.4. The Bertz CT molecular complexity index is 1110. The van der Waals surface area contributed by atoms with Gasteiger partial charge < -0.3 is 30.6 Å². The van der Waals surface area contributed by atoms with Crippen molar-refractivity contribution in [3.8, 4) is 22.6 Å². The third-order valence-corrected chi connectivity index (χ3v) is 6.29. The van der Waals surface area contributed by atoms with Gasteiger partial charge in [-0.1, -0.05) is 37.3 Å². The maximum Gasteiger partial charge on any atom is 0.235 e. The van der Waals surface area contributed by atoms with Gasteiger partial charge in [-0.15, -0.1) is 0 Å². The van der Waals surface area contributed by atoms with Crippen molar-refractivity contribution in [3.05, 3.63) is 72.3 Å². The van der Waals surface area contributed by atoms with Gasteiger partial charge in [0.25, 0.3) is 0 Å². The van der Waals surface area contributed by atoms with Gasteiger partial charge in [-0.05, 0) is 78.9 Å². The molecule has 1 aliphatic carbocycles. The molecule has 2 aliphatic rings. The minimum absolute atomic E-state index is 0. The first-order chi connectivity index (χ1) is 16.1. The van der Waals surface area contributed by atoms with Gasteiger partial charge >= 0.3 is 0 Å². The van der Waals surface area contributed by atoms with E-state index < -0.39 is 5.41 Å². The van der Waals surface area contributed by atoms with E-state index in [1.54, 1.807) is 0 Å². The Kier molecular flexibility index (Phi) is 8.57. The van der Waals surface area contributed by atoms with Crippen molar-refractivity contribution in [3.63, 3.8) is 0 Å². The molecule has 7 nitrogen and oxygen atoms in total. The number of hydrogen-bond acceptors (Lipinski definition) is 6. The summed E-state index contributed by atoms with van der Waals surface area (Å²) in [6.45, 7) is 3.10. The molecule has 1 amide bonds. The summed E-state index contributed by atoms with van der Waals surface area (Å²) in [5, 5.41) is 3.09. The summed E-state index contributed by atoms with van der Waals surface area (Å²) in [7, 11) is 0. The Hall–Kier alpha value is -3.04. The first kappa shape index (κ1) is 25.6. The van der Waals surface area contributed by atoms with Crippen LogP contribution in [-0.4, -0.2) is 29.3 Å². The fourth-order valence-corrected chi connectivity index (χ4v) is 3.96. The molecule has 0 aromatic heterocycles. The van der Waals surface area contributed by atoms with Crippen LogP contribution in [0.1, 0.15) is 31.7 Å². The van der Waals surface area contributed by atoms with Crippen LogP contribution in [0, 0.1) is 0 Å². The van der Waals surface area contributed by atoms with Gasteiger partial charge in [0, 0.05) is 22.6 Å². The van der Waals surface area contributed by atoms with Gasteiger partial charge in [0.15, 0.2) is 11.5 Å². The third kappa shape index (κ3) is 5.53. The Morgan fingerprint density at radius 1 is 1.03 bits per heavy atom. The molecule has 34 heavy (non-hydrogen) atoms. The van der Waals surface area contributed by atoms with Crippen LogP contribution in [0.4, 0.5) is 5.69 Å². The highest BCUT2D eigenvalue weighted by molar-refractivity contribution is 7.93. The number of carbonyl (C=O) groups is 1. The van der Waals surface area contributed by atoms with Crippen molar-refractivity contribution in [2.24, 2.45) is 5.73 Å². The number of anilines is 1. The van der Waals surface area contributed by atoms with Crippen LogP contribution in [-0.2, 0) is 10.2 Å². The Labute approximate surface area is 203 Å². The van der Waals surface area contributed by atoms with Crippen LogP contribution in [0.15, 0.2) is 71.6 Å². The van der Waals surface area contributed by atoms with Gasteiger partial charge in [-0.2, -0.15) is 0 Å². The SMILES string of the molecule is CCCN.O.O=C(Nc1cccc(-c2ccc(SO)cc2)c1)C1(c2ccc3c(c2)OCO3)CC1. The number of ether oxygens (including phenoxy) is 2. The van der Waals surface area contributed by atoms with Crippen molar-refractivity contribution in [1.29, 1.82) is 0 Å². The van der Waals surface area contributed by atoms with Crippen LogP contribution in [0.2, 0.25) is 0 Å². The zero-order chi connectivity index (χ0) is 23.3. The minimum atomic E-state index is -0.503. The third-order valence-electron chi connectivity index (χ3n) is 5.81. The van der Waals surface area contributed by atoms with Crippen molar-refractivity contribution in [1.82, 2.24) is 0 Å². The summed E-state index contributed by atoms with van der Waals surface area (Å²) in [4.78, 5) is 13.9. The number of benzene rings is 3. The number of carbonyl (C=O) groups excluding carboxylic acids is 1. The van der Waals surface area contributed by atoms with E-state index in [2.05, 4.69) is 12.2 Å². The quantitative estimate of drug-likeness (QED) is 0.431. The summed E-state index contributed by atoms with van der Waals surface area (Å²) in [5.41, 5.74) is 8.28. The molecule has 0 saturated heterocycles. The van der Waals surface area contributed by atoms with Crippen LogP contribution in [0.3, 0.4) is 0 Å². The molecular weight excluding hydrogens is 452 g/mol. The van der Waals surface area contributed by atoms with Crippen LogP contribution >= 0.6 is 12.0 Å². The van der Waals surface area contributed by atoms with E-state index in [-0.39, 0.29) is 18.2 Å². The summed E-state index contributed by atoms with van der Waals surface area (Å²) < 4.78 is 20.0. The summed E-state index contributed by atoms with van der Waals surface area (Å²) in [6, 6.07) is 21.2. The average Bonchev–Trinajstić information content (AvgIpc) is 3.55. The first-order valence-corrected chi connectivity index (χ1v) is 11.8. The van der Waals surface area contributed by atoms with Gasteiger partial charge in [-0.25, -0.2) is 0 Å². The minimum Gasteiger partial charge on any atom is -0.454 e. The lowest BCUT2D eigenvalue weighted by molar-refractivity contribution is -0.118. The standard InChI is InChI=1S/C23H19NO4S.C3H9N.H2O/c25-22(23(10-11-23)17-6-9-20-21(13-17)28-14-27-20)24-18-3-1-2-16(12-18)15-4-7-19(29-26)8-5-15;1-2-3-4;/h1-9,12-13,26H,10-11,14H2,(H,24,25);2-4H2,1H3;1H2. The van der Waals surface area contributed by atoms with E-state index in [1.807, 2.05) is 66.7 Å². The maximum atomic E-state index is 13.1. The lowest BCUT2D eigenvalue weighted by Gasteiger charge is -2.17. The highest BCUT2D eigenvalue weighted by Crippen LogP contribution is 2.51. The predicted octanol–water partition coefficient (Wildman–Crippen LogP) is 4.85. The van der Waals surface area contributed by atoms with Crippen molar-refractivity contribution < 1.29 is 24.3 Å².